The van der Waals surface area contributed by atoms with Gasteiger partial charge < -0.3 is 14.6 Å². The number of aromatic nitrogens is 6. The van der Waals surface area contributed by atoms with E-state index in [9.17, 15) is 9.18 Å². The normalized spacial score (nSPS) is 16.0. The van der Waals surface area contributed by atoms with Crippen LogP contribution in [0.3, 0.4) is 0 Å². The van der Waals surface area contributed by atoms with Crippen LogP contribution in [0.2, 0.25) is 0 Å². The van der Waals surface area contributed by atoms with Gasteiger partial charge in [-0.05, 0) is 35.7 Å². The Balaban J connectivity index is 1.39. The van der Waals surface area contributed by atoms with E-state index in [0.717, 1.165) is 17.8 Å². The molecule has 0 aliphatic carbocycles. The molecular weight excluding hydrogens is 413 g/mol. The highest BCUT2D eigenvalue weighted by Crippen LogP contribution is 2.27. The van der Waals surface area contributed by atoms with Crippen molar-refractivity contribution >= 4 is 17.1 Å². The predicted octanol–water partition coefficient (Wildman–Crippen LogP) is 2.34. The number of hydrogen-bond acceptors (Lipinski definition) is 6. The molecule has 1 atom stereocenters. The summed E-state index contributed by atoms with van der Waals surface area (Å²) in [6.07, 6.45) is 5.70. The van der Waals surface area contributed by atoms with Crippen LogP contribution in [0, 0.1) is 5.82 Å². The average molecular weight is 435 g/mol. The molecule has 4 heterocycles. The van der Waals surface area contributed by atoms with Crippen molar-refractivity contribution in [1.29, 1.82) is 0 Å². The molecule has 1 aliphatic heterocycles. The summed E-state index contributed by atoms with van der Waals surface area (Å²) < 4.78 is 23.2. The van der Waals surface area contributed by atoms with Gasteiger partial charge >= 0.3 is 0 Å². The summed E-state index contributed by atoms with van der Waals surface area (Å²) in [5, 5.41) is 6.97. The number of aryl methyl sites for hydroxylation is 2. The number of nitrogens with one attached hydrogen (secondary N) is 1. The third-order valence-corrected chi connectivity index (χ3v) is 5.66. The zero-order valence-electron chi connectivity index (χ0n) is 17.7. The number of benzene rings is 1. The minimum absolute atomic E-state index is 0.149. The van der Waals surface area contributed by atoms with Gasteiger partial charge in [-0.1, -0.05) is 0 Å². The van der Waals surface area contributed by atoms with Crippen LogP contribution < -0.4 is 5.32 Å². The Morgan fingerprint density at radius 2 is 2.12 bits per heavy atom. The zero-order chi connectivity index (χ0) is 22.2. The van der Waals surface area contributed by atoms with Gasteiger partial charge in [-0.2, -0.15) is 5.10 Å². The molecular formula is C22H22FN7O2. The highest BCUT2D eigenvalue weighted by atomic mass is 19.1. The van der Waals surface area contributed by atoms with E-state index in [1.165, 1.54) is 18.5 Å². The molecule has 0 bridgehead atoms. The van der Waals surface area contributed by atoms with Gasteiger partial charge in [-0.3, -0.25) is 9.48 Å². The highest BCUT2D eigenvalue weighted by molar-refractivity contribution is 6.02. The van der Waals surface area contributed by atoms with Crippen LogP contribution in [0.5, 0.6) is 0 Å². The van der Waals surface area contributed by atoms with Crippen LogP contribution in [-0.4, -0.2) is 48.4 Å². The summed E-state index contributed by atoms with van der Waals surface area (Å²) in [5.41, 5.74) is 3.41. The second-order valence-corrected chi connectivity index (χ2v) is 7.92. The van der Waals surface area contributed by atoms with E-state index < -0.39 is 0 Å². The van der Waals surface area contributed by atoms with E-state index in [1.807, 2.05) is 23.9 Å². The quantitative estimate of drug-likeness (QED) is 0.517. The fourth-order valence-electron chi connectivity index (χ4n) is 4.08. The molecule has 164 valence electrons. The monoisotopic (exact) mass is 435 g/mol. The maximum Gasteiger partial charge on any atom is 0.272 e. The van der Waals surface area contributed by atoms with Crippen molar-refractivity contribution in [3.63, 3.8) is 0 Å². The third kappa shape index (κ3) is 3.73. The topological polar surface area (TPSA) is 99.8 Å². The van der Waals surface area contributed by atoms with Crippen LogP contribution in [0.1, 0.15) is 34.2 Å². The van der Waals surface area contributed by atoms with Crippen molar-refractivity contribution in [3.05, 3.63) is 59.8 Å². The van der Waals surface area contributed by atoms with Crippen molar-refractivity contribution in [2.75, 3.05) is 13.2 Å². The number of fused-ring (bicyclic) bond motifs is 1. The Labute approximate surface area is 183 Å². The van der Waals surface area contributed by atoms with Crippen molar-refractivity contribution in [2.24, 2.45) is 14.1 Å². The van der Waals surface area contributed by atoms with E-state index in [1.54, 1.807) is 17.9 Å². The lowest BCUT2D eigenvalue weighted by molar-refractivity contribution is 0.0947. The minimum Gasteiger partial charge on any atom is -0.381 e. The Morgan fingerprint density at radius 3 is 2.88 bits per heavy atom. The third-order valence-electron chi connectivity index (χ3n) is 5.66. The second kappa shape index (κ2) is 8.12. The number of carbonyl (C=O) groups excluding carboxylic acids is 1. The van der Waals surface area contributed by atoms with Crippen molar-refractivity contribution in [3.8, 4) is 11.1 Å². The van der Waals surface area contributed by atoms with Crippen molar-refractivity contribution in [1.82, 2.24) is 34.6 Å². The number of amides is 1. The molecule has 1 N–H and O–H groups in total. The first-order valence-corrected chi connectivity index (χ1v) is 10.3. The number of halogens is 1. The van der Waals surface area contributed by atoms with Crippen LogP contribution in [0.4, 0.5) is 4.39 Å². The lowest BCUT2D eigenvalue weighted by Gasteiger charge is -2.10. The summed E-state index contributed by atoms with van der Waals surface area (Å²) in [6, 6.07) is 4.68. The summed E-state index contributed by atoms with van der Waals surface area (Å²) in [4.78, 5) is 26.0. The average Bonchev–Trinajstić information content (AvgIpc) is 3.52. The fraction of sp³-hybridized carbons (Fsp3) is 0.318. The molecule has 10 heteroatoms. The molecule has 0 saturated carbocycles. The smallest absolute Gasteiger partial charge is 0.272 e. The molecule has 1 unspecified atom stereocenters. The minimum atomic E-state index is -0.380. The molecule has 1 fully saturated rings. The molecule has 5 rings (SSSR count). The van der Waals surface area contributed by atoms with Gasteiger partial charge in [0.05, 0.1) is 12.8 Å². The number of carbonyl (C=O) groups is 1. The number of ether oxygens (including phenoxy) is 1. The van der Waals surface area contributed by atoms with E-state index in [2.05, 4.69) is 25.4 Å². The van der Waals surface area contributed by atoms with Gasteiger partial charge in [0.25, 0.3) is 5.91 Å². The predicted molar refractivity (Wildman–Crippen MR) is 114 cm³/mol. The Kier molecular flexibility index (Phi) is 5.14. The molecule has 3 aromatic heterocycles. The number of imidazole rings is 1. The fourth-order valence-corrected chi connectivity index (χ4v) is 4.08. The Morgan fingerprint density at radius 1 is 1.25 bits per heavy atom. The van der Waals surface area contributed by atoms with E-state index in [-0.39, 0.29) is 29.9 Å². The zero-order valence-corrected chi connectivity index (χ0v) is 17.7. The lowest BCUT2D eigenvalue weighted by atomic mass is 10.1. The van der Waals surface area contributed by atoms with E-state index >= 15 is 0 Å². The summed E-state index contributed by atoms with van der Waals surface area (Å²) in [7, 11) is 3.66. The van der Waals surface area contributed by atoms with Gasteiger partial charge in [0, 0.05) is 44.9 Å². The first kappa shape index (κ1) is 20.3. The van der Waals surface area contributed by atoms with Gasteiger partial charge in [0.2, 0.25) is 0 Å². The van der Waals surface area contributed by atoms with Gasteiger partial charge in [0.15, 0.2) is 11.3 Å². The molecule has 9 nitrogen and oxygen atoms in total. The first-order chi connectivity index (χ1) is 15.5. The van der Waals surface area contributed by atoms with Gasteiger partial charge in [0.1, 0.15) is 23.5 Å². The first-order valence-electron chi connectivity index (χ1n) is 10.3. The maximum atomic E-state index is 14.2. The summed E-state index contributed by atoms with van der Waals surface area (Å²) >= 11 is 0. The maximum absolute atomic E-state index is 14.2. The number of nitrogens with zero attached hydrogens (tertiary/aromatic N) is 6. The van der Waals surface area contributed by atoms with E-state index in [0.29, 0.717) is 35.5 Å². The SMILES string of the molecule is Cn1cc(-c2cc(F)cc(CNC(=O)c3ncnc4nc(C5CCOC5)n(C)c34)c2)cn1. The molecule has 32 heavy (non-hydrogen) atoms. The van der Waals surface area contributed by atoms with Gasteiger partial charge in [-0.25, -0.2) is 19.3 Å². The van der Waals surface area contributed by atoms with Crippen LogP contribution in [0.15, 0.2) is 36.9 Å². The standard InChI is InChI=1S/C22H22FN7O2/c1-29-10-16(9-27-29)15-5-13(6-17(23)7-15)8-24-22(31)18-19-20(26-12-25-18)28-21(30(19)2)14-3-4-32-11-14/h5-7,9-10,12,14H,3-4,8,11H2,1-2H3,(H,24,31). The second-order valence-electron chi connectivity index (χ2n) is 7.92. The molecule has 4 aromatic rings. The molecule has 1 amide bonds. The lowest BCUT2D eigenvalue weighted by Crippen LogP contribution is -2.25. The van der Waals surface area contributed by atoms with Crippen LogP contribution in [0.25, 0.3) is 22.3 Å². The Hall–Kier alpha value is -3.66. The largest absolute Gasteiger partial charge is 0.381 e. The van der Waals surface area contributed by atoms with Crippen molar-refractivity contribution < 1.29 is 13.9 Å². The van der Waals surface area contributed by atoms with Crippen LogP contribution in [-0.2, 0) is 25.4 Å². The molecule has 1 saturated heterocycles. The molecule has 1 aromatic carbocycles. The number of rotatable bonds is 5. The molecule has 0 spiro atoms. The molecule has 1 aliphatic rings. The highest BCUT2D eigenvalue weighted by Gasteiger charge is 2.26. The van der Waals surface area contributed by atoms with Gasteiger partial charge in [-0.15, -0.1) is 0 Å². The van der Waals surface area contributed by atoms with Crippen molar-refractivity contribution in [2.45, 2.75) is 18.9 Å². The summed E-state index contributed by atoms with van der Waals surface area (Å²) in [5.74, 6) is 0.249. The molecule has 0 radical (unpaired) electrons. The van der Waals surface area contributed by atoms with Crippen LogP contribution >= 0.6 is 0 Å². The number of hydrogen-bond donors (Lipinski definition) is 1. The summed E-state index contributed by atoms with van der Waals surface area (Å²) in [6.45, 7) is 1.45. The Bertz CT molecular complexity index is 1310. The van der Waals surface area contributed by atoms with E-state index in [4.69, 9.17) is 4.74 Å².